The molecule has 2 N–H and O–H groups in total. The first-order chi connectivity index (χ1) is 5.27. The fraction of sp³-hybridized carbons (Fsp3) is 0.714. The first kappa shape index (κ1) is 9.48. The Morgan fingerprint density at radius 2 is 2.25 bits per heavy atom. The molecule has 1 saturated carbocycles. The first-order valence-electron chi connectivity index (χ1n) is 3.86. The van der Waals surface area contributed by atoms with Gasteiger partial charge < -0.3 is 10.3 Å². The van der Waals surface area contributed by atoms with E-state index in [1.54, 1.807) is 0 Å². The highest BCUT2D eigenvalue weighted by Gasteiger charge is 2.29. The van der Waals surface area contributed by atoms with E-state index in [-0.39, 0.29) is 18.4 Å². The predicted octanol–water partition coefficient (Wildman–Crippen LogP) is 1.39. The topological polar surface area (TPSA) is 64.9 Å². The van der Waals surface area contributed by atoms with Crippen molar-refractivity contribution in [1.29, 1.82) is 0 Å². The number of hydrogen-bond donors (Lipinski definition) is 1. The summed E-state index contributed by atoms with van der Waals surface area (Å²) in [6.07, 6.45) is 2.38. The zero-order valence-electron chi connectivity index (χ0n) is 6.86. The molecule has 1 atom stereocenters. The van der Waals surface area contributed by atoms with Crippen LogP contribution in [0.1, 0.15) is 43.4 Å². The van der Waals surface area contributed by atoms with Crippen LogP contribution in [0.2, 0.25) is 0 Å². The Hall–Kier alpha value is -0.610. The summed E-state index contributed by atoms with van der Waals surface area (Å²) in [6.45, 7) is 1.84. The van der Waals surface area contributed by atoms with E-state index in [2.05, 4.69) is 10.1 Å². The van der Waals surface area contributed by atoms with Crippen LogP contribution in [-0.2, 0) is 0 Å². The van der Waals surface area contributed by atoms with Crippen LogP contribution in [0.25, 0.3) is 0 Å². The normalized spacial score (nSPS) is 18.5. The Bertz CT molecular complexity index is 240. The summed E-state index contributed by atoms with van der Waals surface area (Å²) in [5, 5.41) is 3.83. The summed E-state index contributed by atoms with van der Waals surface area (Å²) >= 11 is 0. The maximum atomic E-state index is 5.55. The van der Waals surface area contributed by atoms with E-state index in [9.17, 15) is 0 Å². The van der Waals surface area contributed by atoms with Gasteiger partial charge in [-0.05, 0) is 19.8 Å². The average molecular weight is 190 g/mol. The van der Waals surface area contributed by atoms with Crippen molar-refractivity contribution in [2.45, 2.75) is 31.7 Å². The Kier molecular flexibility index (Phi) is 2.69. The van der Waals surface area contributed by atoms with E-state index in [0.717, 1.165) is 5.82 Å². The molecule has 1 aliphatic rings. The first-order valence-corrected chi connectivity index (χ1v) is 3.86. The fourth-order valence-corrected chi connectivity index (χ4v) is 0.940. The lowest BCUT2D eigenvalue weighted by atomic mass is 10.3. The van der Waals surface area contributed by atoms with Crippen molar-refractivity contribution in [1.82, 2.24) is 10.1 Å². The van der Waals surface area contributed by atoms with Crippen LogP contribution in [0.5, 0.6) is 0 Å². The van der Waals surface area contributed by atoms with Crippen molar-refractivity contribution in [3.8, 4) is 0 Å². The lowest BCUT2D eigenvalue weighted by Gasteiger charge is -1.92. The largest absolute Gasteiger partial charge is 0.338 e. The molecule has 1 heterocycles. The molecule has 0 saturated heterocycles. The van der Waals surface area contributed by atoms with Crippen LogP contribution in [-0.4, -0.2) is 10.1 Å². The van der Waals surface area contributed by atoms with Crippen LogP contribution in [0, 0.1) is 0 Å². The van der Waals surface area contributed by atoms with E-state index in [4.69, 9.17) is 10.3 Å². The van der Waals surface area contributed by atoms with E-state index >= 15 is 0 Å². The smallest absolute Gasteiger partial charge is 0.243 e. The molecule has 1 aliphatic carbocycles. The summed E-state index contributed by atoms with van der Waals surface area (Å²) < 4.78 is 4.94. The number of aromatic nitrogens is 2. The molecule has 1 aromatic rings. The molecule has 2 rings (SSSR count). The minimum absolute atomic E-state index is 0. The highest BCUT2D eigenvalue weighted by Crippen LogP contribution is 2.38. The zero-order chi connectivity index (χ0) is 7.84. The van der Waals surface area contributed by atoms with Crippen molar-refractivity contribution < 1.29 is 4.52 Å². The van der Waals surface area contributed by atoms with Gasteiger partial charge in [-0.15, -0.1) is 12.4 Å². The Morgan fingerprint density at radius 3 is 2.67 bits per heavy atom. The van der Waals surface area contributed by atoms with Gasteiger partial charge in [0.1, 0.15) is 0 Å². The highest BCUT2D eigenvalue weighted by molar-refractivity contribution is 5.85. The van der Waals surface area contributed by atoms with Gasteiger partial charge in [-0.1, -0.05) is 5.16 Å². The van der Waals surface area contributed by atoms with Crippen molar-refractivity contribution in [2.24, 2.45) is 5.73 Å². The zero-order valence-corrected chi connectivity index (χ0v) is 7.67. The predicted molar refractivity (Wildman–Crippen MR) is 46.1 cm³/mol. The Morgan fingerprint density at radius 1 is 1.58 bits per heavy atom. The molecule has 0 aliphatic heterocycles. The molecule has 1 fully saturated rings. The standard InChI is InChI=1S/C7H11N3O.ClH/c1-4(8)7-9-6(10-11-7)5-2-3-5;/h4-5H,2-3,8H2,1H3;1H/t4-;/m1./s1. The van der Waals surface area contributed by atoms with Crippen LogP contribution >= 0.6 is 12.4 Å². The van der Waals surface area contributed by atoms with E-state index in [0.29, 0.717) is 11.8 Å². The molecule has 0 unspecified atom stereocenters. The van der Waals surface area contributed by atoms with Gasteiger partial charge in [-0.2, -0.15) is 4.98 Å². The lowest BCUT2D eigenvalue weighted by molar-refractivity contribution is 0.357. The Labute approximate surface area is 76.9 Å². The van der Waals surface area contributed by atoms with Crippen molar-refractivity contribution >= 4 is 12.4 Å². The summed E-state index contributed by atoms with van der Waals surface area (Å²) in [5.41, 5.74) is 5.55. The molecule has 0 radical (unpaired) electrons. The summed E-state index contributed by atoms with van der Waals surface area (Å²) in [4.78, 5) is 4.17. The van der Waals surface area contributed by atoms with Gasteiger partial charge in [-0.25, -0.2) is 0 Å². The second kappa shape index (κ2) is 3.41. The number of halogens is 1. The molecule has 68 valence electrons. The number of hydrogen-bond acceptors (Lipinski definition) is 4. The summed E-state index contributed by atoms with van der Waals surface area (Å²) in [7, 11) is 0. The van der Waals surface area contributed by atoms with Crippen LogP contribution < -0.4 is 5.73 Å². The van der Waals surface area contributed by atoms with Gasteiger partial charge in [0.15, 0.2) is 5.82 Å². The molecule has 4 nitrogen and oxygen atoms in total. The van der Waals surface area contributed by atoms with Gasteiger partial charge in [-0.3, -0.25) is 0 Å². The second-order valence-electron chi connectivity index (χ2n) is 3.05. The molecular formula is C7H12ClN3O. The molecule has 0 amide bonds. The van der Waals surface area contributed by atoms with Crippen molar-refractivity contribution in [3.05, 3.63) is 11.7 Å². The number of nitrogens with zero attached hydrogens (tertiary/aromatic N) is 2. The number of nitrogens with two attached hydrogens (primary N) is 1. The molecule has 1 aromatic heterocycles. The van der Waals surface area contributed by atoms with Gasteiger partial charge in [0, 0.05) is 5.92 Å². The lowest BCUT2D eigenvalue weighted by Crippen LogP contribution is -2.05. The fourth-order valence-electron chi connectivity index (χ4n) is 0.940. The van der Waals surface area contributed by atoms with Crippen LogP contribution in [0.4, 0.5) is 0 Å². The summed E-state index contributed by atoms with van der Waals surface area (Å²) in [5.74, 6) is 1.93. The molecule has 12 heavy (non-hydrogen) atoms. The average Bonchev–Trinajstić information content (AvgIpc) is 2.68. The third-order valence-electron chi connectivity index (χ3n) is 1.79. The van der Waals surface area contributed by atoms with E-state index in [1.165, 1.54) is 12.8 Å². The maximum absolute atomic E-state index is 5.55. The third kappa shape index (κ3) is 1.76. The molecule has 0 spiro atoms. The molecule has 5 heteroatoms. The van der Waals surface area contributed by atoms with Gasteiger partial charge in [0.05, 0.1) is 6.04 Å². The van der Waals surface area contributed by atoms with Gasteiger partial charge in [0.2, 0.25) is 5.89 Å². The Balaban J connectivity index is 0.000000720. The molecular weight excluding hydrogens is 178 g/mol. The number of rotatable bonds is 2. The van der Waals surface area contributed by atoms with Crippen LogP contribution in [0.15, 0.2) is 4.52 Å². The minimum Gasteiger partial charge on any atom is -0.338 e. The van der Waals surface area contributed by atoms with E-state index in [1.807, 2.05) is 6.92 Å². The second-order valence-corrected chi connectivity index (χ2v) is 3.05. The third-order valence-corrected chi connectivity index (χ3v) is 1.79. The van der Waals surface area contributed by atoms with Crippen molar-refractivity contribution in [2.75, 3.05) is 0 Å². The van der Waals surface area contributed by atoms with Crippen molar-refractivity contribution in [3.63, 3.8) is 0 Å². The van der Waals surface area contributed by atoms with E-state index < -0.39 is 0 Å². The van der Waals surface area contributed by atoms with Gasteiger partial charge >= 0.3 is 0 Å². The minimum atomic E-state index is -0.144. The molecule has 0 aromatic carbocycles. The van der Waals surface area contributed by atoms with Crippen LogP contribution in [0.3, 0.4) is 0 Å². The molecule has 0 bridgehead atoms. The maximum Gasteiger partial charge on any atom is 0.243 e. The SMILES string of the molecule is C[C@@H](N)c1nc(C2CC2)no1.Cl. The highest BCUT2D eigenvalue weighted by atomic mass is 35.5. The summed E-state index contributed by atoms with van der Waals surface area (Å²) in [6, 6.07) is -0.144. The van der Waals surface area contributed by atoms with Gasteiger partial charge in [0.25, 0.3) is 0 Å². The monoisotopic (exact) mass is 189 g/mol. The quantitative estimate of drug-likeness (QED) is 0.764.